The first kappa shape index (κ1) is 18.8. The third-order valence-electron chi connectivity index (χ3n) is 5.10. The molecule has 2 aromatic rings. The number of ether oxygens (including phenoxy) is 4. The van der Waals surface area contributed by atoms with Gasteiger partial charge in [0.1, 0.15) is 17.2 Å². The number of rotatable bonds is 6. The molecule has 0 radical (unpaired) electrons. The second kappa shape index (κ2) is 8.63. The van der Waals surface area contributed by atoms with Gasteiger partial charge < -0.3 is 24.3 Å². The molecule has 6 nitrogen and oxygen atoms in total. The lowest BCUT2D eigenvalue weighted by Gasteiger charge is -2.37. The second-order valence-corrected chi connectivity index (χ2v) is 7.27. The van der Waals surface area contributed by atoms with E-state index in [1.807, 2.05) is 42.5 Å². The average Bonchev–Trinajstić information content (AvgIpc) is 3.16. The van der Waals surface area contributed by atoms with Crippen LogP contribution in [0.2, 0.25) is 0 Å². The molecule has 4 rings (SSSR count). The summed E-state index contributed by atoms with van der Waals surface area (Å²) in [5.74, 6) is 2.00. The Hall–Kier alpha value is -2.57. The molecule has 1 amide bonds. The summed E-state index contributed by atoms with van der Waals surface area (Å²) < 4.78 is 22.7. The zero-order chi connectivity index (χ0) is 19.2. The van der Waals surface area contributed by atoms with Crippen molar-refractivity contribution < 1.29 is 23.7 Å². The minimum absolute atomic E-state index is 0.0141. The number of hydrogen-bond donors (Lipinski definition) is 1. The van der Waals surface area contributed by atoms with Gasteiger partial charge in [-0.05, 0) is 49.2 Å². The molecule has 2 aromatic carbocycles. The van der Waals surface area contributed by atoms with Crippen LogP contribution in [0.25, 0.3) is 0 Å². The molecule has 2 heterocycles. The van der Waals surface area contributed by atoms with E-state index in [1.54, 1.807) is 12.1 Å². The normalized spacial score (nSPS) is 24.1. The maximum Gasteiger partial charge on any atom is 0.258 e. The van der Waals surface area contributed by atoms with Crippen molar-refractivity contribution in [2.24, 2.45) is 0 Å². The van der Waals surface area contributed by atoms with Gasteiger partial charge in [-0.2, -0.15) is 0 Å². The number of hydrogen-bond acceptors (Lipinski definition) is 5. The van der Waals surface area contributed by atoms with Crippen LogP contribution in [-0.4, -0.2) is 44.0 Å². The van der Waals surface area contributed by atoms with Crippen LogP contribution in [0.3, 0.4) is 0 Å². The predicted molar refractivity (Wildman–Crippen MR) is 104 cm³/mol. The van der Waals surface area contributed by atoms with Crippen LogP contribution >= 0.6 is 0 Å². The number of benzene rings is 2. The lowest BCUT2D eigenvalue weighted by atomic mass is 9.90. The Morgan fingerprint density at radius 3 is 2.54 bits per heavy atom. The molecule has 0 aliphatic carbocycles. The fraction of sp³-hybridized carbons (Fsp3) is 0.409. The van der Waals surface area contributed by atoms with E-state index in [0.29, 0.717) is 24.7 Å². The number of para-hydroxylation sites is 1. The summed E-state index contributed by atoms with van der Waals surface area (Å²) in [7, 11) is 0. The molecule has 2 aliphatic heterocycles. The fourth-order valence-electron chi connectivity index (χ4n) is 3.66. The predicted octanol–water partition coefficient (Wildman–Crippen LogP) is 3.31. The Balaban J connectivity index is 1.23. The highest BCUT2D eigenvalue weighted by molar-refractivity contribution is 5.77. The van der Waals surface area contributed by atoms with Gasteiger partial charge in [-0.15, -0.1) is 0 Å². The van der Waals surface area contributed by atoms with E-state index in [-0.39, 0.29) is 24.2 Å². The molecule has 1 spiro atoms. The maximum atomic E-state index is 12.3. The topological polar surface area (TPSA) is 66.0 Å². The van der Waals surface area contributed by atoms with Gasteiger partial charge in [0.2, 0.25) is 0 Å². The Morgan fingerprint density at radius 1 is 1.04 bits per heavy atom. The van der Waals surface area contributed by atoms with Crippen molar-refractivity contribution in [3.63, 3.8) is 0 Å². The molecule has 2 atom stereocenters. The van der Waals surface area contributed by atoms with Crippen LogP contribution < -0.4 is 14.8 Å². The van der Waals surface area contributed by atoms with E-state index in [2.05, 4.69) is 5.32 Å². The molecule has 1 N–H and O–H groups in total. The number of amides is 1. The van der Waals surface area contributed by atoms with E-state index in [9.17, 15) is 4.79 Å². The fourth-order valence-corrected chi connectivity index (χ4v) is 3.66. The van der Waals surface area contributed by atoms with Crippen molar-refractivity contribution >= 4 is 5.91 Å². The average molecular weight is 383 g/mol. The van der Waals surface area contributed by atoms with Crippen molar-refractivity contribution in [2.75, 3.05) is 26.4 Å². The van der Waals surface area contributed by atoms with Crippen molar-refractivity contribution in [1.29, 1.82) is 0 Å². The van der Waals surface area contributed by atoms with E-state index in [4.69, 9.17) is 18.9 Å². The number of carbonyl (C=O) groups is 1. The van der Waals surface area contributed by atoms with Crippen molar-refractivity contribution in [1.82, 2.24) is 5.32 Å². The molecule has 2 saturated heterocycles. The van der Waals surface area contributed by atoms with Crippen LogP contribution in [0.15, 0.2) is 54.6 Å². The summed E-state index contributed by atoms with van der Waals surface area (Å²) in [6.45, 7) is 1.98. The lowest BCUT2D eigenvalue weighted by molar-refractivity contribution is -0.127. The van der Waals surface area contributed by atoms with Crippen molar-refractivity contribution in [3.05, 3.63) is 54.6 Å². The van der Waals surface area contributed by atoms with Crippen LogP contribution in [0, 0.1) is 0 Å². The van der Waals surface area contributed by atoms with Crippen molar-refractivity contribution in [2.45, 2.75) is 30.9 Å². The zero-order valence-electron chi connectivity index (χ0n) is 15.8. The molecule has 0 unspecified atom stereocenters. The highest BCUT2D eigenvalue weighted by Gasteiger charge is 2.41. The van der Waals surface area contributed by atoms with E-state index >= 15 is 0 Å². The summed E-state index contributed by atoms with van der Waals surface area (Å²) in [6.07, 6.45) is 2.51. The Kier molecular flexibility index (Phi) is 5.78. The minimum atomic E-state index is -0.217. The van der Waals surface area contributed by atoms with Crippen LogP contribution in [0.1, 0.15) is 19.3 Å². The smallest absolute Gasteiger partial charge is 0.258 e. The first-order valence-electron chi connectivity index (χ1n) is 9.68. The summed E-state index contributed by atoms with van der Waals surface area (Å²) in [5.41, 5.74) is -0.217. The van der Waals surface area contributed by atoms with Gasteiger partial charge in [0, 0.05) is 25.7 Å². The summed E-state index contributed by atoms with van der Waals surface area (Å²) >= 11 is 0. The molecule has 0 bridgehead atoms. The first-order chi connectivity index (χ1) is 13.7. The Morgan fingerprint density at radius 2 is 1.79 bits per heavy atom. The summed E-state index contributed by atoms with van der Waals surface area (Å²) in [6, 6.07) is 16.9. The molecule has 0 saturated carbocycles. The van der Waals surface area contributed by atoms with Crippen LogP contribution in [0.5, 0.6) is 17.2 Å². The Bertz CT molecular complexity index is 771. The molecule has 6 heteroatoms. The molecule has 148 valence electrons. The van der Waals surface area contributed by atoms with Crippen LogP contribution in [-0.2, 0) is 14.3 Å². The minimum Gasteiger partial charge on any atom is -0.484 e. The van der Waals surface area contributed by atoms with Gasteiger partial charge in [-0.3, -0.25) is 4.79 Å². The standard InChI is InChI=1S/C22H25NO5/c24-21(23-17-10-12-27-22(14-17)11-13-25-16-22)15-26-18-6-8-20(9-7-18)28-19-4-2-1-3-5-19/h1-9,17H,10-16H2,(H,23,24)/t17-,22+/m0/s1. The lowest BCUT2D eigenvalue weighted by Crippen LogP contribution is -2.49. The molecular formula is C22H25NO5. The number of carbonyl (C=O) groups excluding carboxylic acids is 1. The summed E-state index contributed by atoms with van der Waals surface area (Å²) in [4.78, 5) is 12.3. The second-order valence-electron chi connectivity index (χ2n) is 7.27. The van der Waals surface area contributed by atoms with Gasteiger partial charge in [-0.25, -0.2) is 0 Å². The molecule has 2 aliphatic rings. The molecule has 2 fully saturated rings. The monoisotopic (exact) mass is 383 g/mol. The molecule has 28 heavy (non-hydrogen) atoms. The van der Waals surface area contributed by atoms with E-state index in [1.165, 1.54) is 0 Å². The highest BCUT2D eigenvalue weighted by Crippen LogP contribution is 2.32. The summed E-state index contributed by atoms with van der Waals surface area (Å²) in [5, 5.41) is 3.06. The first-order valence-corrected chi connectivity index (χ1v) is 9.68. The maximum absolute atomic E-state index is 12.3. The molecular weight excluding hydrogens is 358 g/mol. The van der Waals surface area contributed by atoms with Gasteiger partial charge in [0.05, 0.1) is 12.2 Å². The zero-order valence-corrected chi connectivity index (χ0v) is 15.8. The van der Waals surface area contributed by atoms with Gasteiger partial charge in [0.15, 0.2) is 6.61 Å². The van der Waals surface area contributed by atoms with Crippen molar-refractivity contribution in [3.8, 4) is 17.2 Å². The Labute approximate surface area is 164 Å². The van der Waals surface area contributed by atoms with Crippen LogP contribution in [0.4, 0.5) is 0 Å². The SMILES string of the molecule is O=C(COc1ccc(Oc2ccccc2)cc1)N[C@H]1CCO[C@]2(CCOC2)C1. The highest BCUT2D eigenvalue weighted by atomic mass is 16.6. The van der Waals surface area contributed by atoms with Gasteiger partial charge in [0.25, 0.3) is 5.91 Å². The van der Waals surface area contributed by atoms with Gasteiger partial charge in [-0.1, -0.05) is 18.2 Å². The third-order valence-corrected chi connectivity index (χ3v) is 5.10. The number of nitrogens with one attached hydrogen (secondary N) is 1. The largest absolute Gasteiger partial charge is 0.484 e. The van der Waals surface area contributed by atoms with E-state index < -0.39 is 0 Å². The third kappa shape index (κ3) is 4.82. The molecule has 0 aromatic heterocycles. The quantitative estimate of drug-likeness (QED) is 0.829. The van der Waals surface area contributed by atoms with Gasteiger partial charge >= 0.3 is 0 Å². The van der Waals surface area contributed by atoms with E-state index in [0.717, 1.165) is 31.6 Å².